The van der Waals surface area contributed by atoms with Crippen molar-refractivity contribution in [2.45, 2.75) is 58.5 Å². The minimum atomic E-state index is 0.0800. The molecule has 3 N–H and O–H groups in total. The van der Waals surface area contributed by atoms with E-state index in [2.05, 4.69) is 37.1 Å². The van der Waals surface area contributed by atoms with Gasteiger partial charge < -0.3 is 20.0 Å². The summed E-state index contributed by atoms with van der Waals surface area (Å²) in [7, 11) is 0. The Morgan fingerprint density at radius 2 is 1.59 bits per heavy atom. The summed E-state index contributed by atoms with van der Waals surface area (Å²) in [5.41, 5.74) is 2.10. The van der Waals surface area contributed by atoms with Crippen molar-refractivity contribution in [2.24, 2.45) is 0 Å². The highest BCUT2D eigenvalue weighted by Gasteiger charge is 2.33. The Kier molecular flexibility index (Phi) is 7.67. The number of anilines is 1. The highest BCUT2D eigenvalue weighted by Crippen LogP contribution is 2.22. The molecule has 2 aliphatic rings. The Hall–Kier alpha value is -1.92. The molecule has 2 atom stereocenters. The van der Waals surface area contributed by atoms with E-state index >= 15 is 0 Å². The van der Waals surface area contributed by atoms with Crippen molar-refractivity contribution >= 4 is 17.5 Å². The summed E-state index contributed by atoms with van der Waals surface area (Å²) < 4.78 is 0. The largest absolute Gasteiger partial charge is 0.332 e. The van der Waals surface area contributed by atoms with Gasteiger partial charge in [-0.2, -0.15) is 0 Å². The number of quaternary nitrogens is 2. The fourth-order valence-electron chi connectivity index (χ4n) is 4.90. The zero-order chi connectivity index (χ0) is 20.8. The minimum absolute atomic E-state index is 0.0800. The Morgan fingerprint density at radius 1 is 1.00 bits per heavy atom. The second-order valence-electron chi connectivity index (χ2n) is 8.84. The van der Waals surface area contributed by atoms with E-state index in [1.54, 1.807) is 0 Å². The first-order valence-electron chi connectivity index (χ1n) is 11.3. The predicted octanol–water partition coefficient (Wildman–Crippen LogP) is -0.240. The maximum atomic E-state index is 12.8. The van der Waals surface area contributed by atoms with E-state index in [0.29, 0.717) is 31.1 Å². The van der Waals surface area contributed by atoms with Gasteiger partial charge in [-0.15, -0.1) is 0 Å². The van der Waals surface area contributed by atoms with E-state index in [9.17, 15) is 9.59 Å². The van der Waals surface area contributed by atoms with Crippen LogP contribution in [-0.2, 0) is 16.0 Å². The zero-order valence-corrected chi connectivity index (χ0v) is 18.3. The zero-order valence-electron chi connectivity index (χ0n) is 18.3. The van der Waals surface area contributed by atoms with Crippen molar-refractivity contribution in [1.82, 2.24) is 4.90 Å². The molecule has 0 spiro atoms. The number of carbonyl (C=O) groups is 2. The number of amides is 2. The Morgan fingerprint density at radius 3 is 2.21 bits per heavy atom. The summed E-state index contributed by atoms with van der Waals surface area (Å²) in [6.07, 6.45) is 4.39. The molecule has 1 aromatic rings. The number of benzene rings is 1. The van der Waals surface area contributed by atoms with E-state index in [1.165, 1.54) is 21.8 Å². The maximum absolute atomic E-state index is 12.8. The standard InChI is InChI=1S/C23H36N4O2/c1-4-20-10-5-6-11-21(20)24-22(28)16-25-12-14-26(15-13-25)17-23(29)27-18(2)8-7-9-19(27)3/h5-6,10-11,18-19H,4,7-9,12-17H2,1-3H3,(H,24,28)/p+2/t18-,19-/m1/s1. The van der Waals surface area contributed by atoms with E-state index in [1.807, 2.05) is 18.2 Å². The molecule has 6 nitrogen and oxygen atoms in total. The quantitative estimate of drug-likeness (QED) is 0.615. The molecule has 2 saturated heterocycles. The van der Waals surface area contributed by atoms with Crippen molar-refractivity contribution in [3.05, 3.63) is 29.8 Å². The van der Waals surface area contributed by atoms with Crippen molar-refractivity contribution in [2.75, 3.05) is 44.6 Å². The second-order valence-corrected chi connectivity index (χ2v) is 8.84. The number of piperidine rings is 1. The molecule has 0 aliphatic carbocycles. The first kappa shape index (κ1) is 21.8. The van der Waals surface area contributed by atoms with Crippen LogP contribution in [0.5, 0.6) is 0 Å². The fraction of sp³-hybridized carbons (Fsp3) is 0.652. The molecule has 160 valence electrons. The lowest BCUT2D eigenvalue weighted by Crippen LogP contribution is -3.28. The van der Waals surface area contributed by atoms with Gasteiger partial charge >= 0.3 is 0 Å². The fourth-order valence-corrected chi connectivity index (χ4v) is 4.90. The summed E-state index contributed by atoms with van der Waals surface area (Å²) in [6, 6.07) is 8.74. The van der Waals surface area contributed by atoms with Crippen LogP contribution in [0.4, 0.5) is 5.69 Å². The number of carbonyl (C=O) groups excluding carboxylic acids is 2. The summed E-state index contributed by atoms with van der Waals surface area (Å²) in [5, 5.41) is 3.08. The van der Waals surface area contributed by atoms with Crippen molar-refractivity contribution < 1.29 is 19.4 Å². The van der Waals surface area contributed by atoms with Crippen LogP contribution in [0, 0.1) is 0 Å². The third kappa shape index (κ3) is 5.80. The molecule has 2 fully saturated rings. The maximum Gasteiger partial charge on any atom is 0.279 e. The molecule has 2 amide bonds. The van der Waals surface area contributed by atoms with Crippen LogP contribution in [0.2, 0.25) is 0 Å². The highest BCUT2D eigenvalue weighted by molar-refractivity contribution is 5.92. The van der Waals surface area contributed by atoms with E-state index < -0.39 is 0 Å². The molecule has 0 aromatic heterocycles. The van der Waals surface area contributed by atoms with Crippen LogP contribution in [0.25, 0.3) is 0 Å². The number of rotatable bonds is 6. The number of likely N-dealkylation sites (tertiary alicyclic amines) is 1. The highest BCUT2D eigenvalue weighted by atomic mass is 16.2. The van der Waals surface area contributed by atoms with Gasteiger partial charge in [-0.25, -0.2) is 0 Å². The van der Waals surface area contributed by atoms with E-state index in [0.717, 1.165) is 51.1 Å². The lowest BCUT2D eigenvalue weighted by atomic mass is 9.97. The van der Waals surface area contributed by atoms with Gasteiger partial charge in [-0.1, -0.05) is 25.1 Å². The molecule has 6 heteroatoms. The molecule has 1 aromatic carbocycles. The molecular weight excluding hydrogens is 364 g/mol. The van der Waals surface area contributed by atoms with Crippen molar-refractivity contribution in [3.63, 3.8) is 0 Å². The molecule has 0 saturated carbocycles. The van der Waals surface area contributed by atoms with Crippen LogP contribution in [-0.4, -0.2) is 68.1 Å². The summed E-state index contributed by atoms with van der Waals surface area (Å²) in [4.78, 5) is 30.1. The van der Waals surface area contributed by atoms with Crippen molar-refractivity contribution in [3.8, 4) is 0 Å². The third-order valence-corrected chi connectivity index (χ3v) is 6.63. The lowest BCUT2D eigenvalue weighted by molar-refractivity contribution is -1.00. The topological polar surface area (TPSA) is 58.3 Å². The number of aryl methyl sites for hydroxylation is 1. The van der Waals surface area contributed by atoms with E-state index in [4.69, 9.17) is 0 Å². The SMILES string of the molecule is CCc1ccccc1NC(=O)C[NH+]1CC[NH+](CC(=O)N2[C@H](C)CCC[C@H]2C)CC1. The number of nitrogens with one attached hydrogen (secondary N) is 3. The lowest BCUT2D eigenvalue weighted by Gasteiger charge is -2.39. The van der Waals surface area contributed by atoms with Gasteiger partial charge in [-0.3, -0.25) is 9.59 Å². The molecule has 0 bridgehead atoms. The van der Waals surface area contributed by atoms with Gasteiger partial charge in [-0.05, 0) is 51.2 Å². The summed E-state index contributed by atoms with van der Waals surface area (Å²) >= 11 is 0. The average Bonchev–Trinajstić information content (AvgIpc) is 2.69. The normalized spacial score (nSPS) is 27.5. The number of hydrogen-bond acceptors (Lipinski definition) is 2. The van der Waals surface area contributed by atoms with Gasteiger partial charge in [0.15, 0.2) is 13.1 Å². The Labute approximate surface area is 175 Å². The minimum Gasteiger partial charge on any atom is -0.332 e. The molecule has 29 heavy (non-hydrogen) atoms. The third-order valence-electron chi connectivity index (χ3n) is 6.63. The number of para-hydroxylation sites is 1. The van der Waals surface area contributed by atoms with Gasteiger partial charge in [0.1, 0.15) is 26.2 Å². The van der Waals surface area contributed by atoms with Crippen LogP contribution in [0.3, 0.4) is 0 Å². The van der Waals surface area contributed by atoms with Crippen LogP contribution in [0.1, 0.15) is 45.6 Å². The first-order chi connectivity index (χ1) is 14.0. The van der Waals surface area contributed by atoms with Crippen LogP contribution in [0.15, 0.2) is 24.3 Å². The molecule has 0 radical (unpaired) electrons. The molecule has 2 heterocycles. The molecule has 3 rings (SSSR count). The molecular formula is C23H38N4O2+2. The first-order valence-corrected chi connectivity index (χ1v) is 11.3. The number of piperazine rings is 1. The van der Waals surface area contributed by atoms with Gasteiger partial charge in [0, 0.05) is 17.8 Å². The predicted molar refractivity (Wildman–Crippen MR) is 115 cm³/mol. The Balaban J connectivity index is 1.43. The average molecular weight is 403 g/mol. The Bertz CT molecular complexity index is 690. The summed E-state index contributed by atoms with van der Waals surface area (Å²) in [5.74, 6) is 0.383. The van der Waals surface area contributed by atoms with Crippen LogP contribution < -0.4 is 15.1 Å². The number of hydrogen-bond donors (Lipinski definition) is 3. The summed E-state index contributed by atoms with van der Waals surface area (Å²) in [6.45, 7) is 11.4. The van der Waals surface area contributed by atoms with Gasteiger partial charge in [0.05, 0.1) is 0 Å². The van der Waals surface area contributed by atoms with Gasteiger partial charge in [0.2, 0.25) is 0 Å². The van der Waals surface area contributed by atoms with Gasteiger partial charge in [0.25, 0.3) is 11.8 Å². The van der Waals surface area contributed by atoms with Crippen molar-refractivity contribution in [1.29, 1.82) is 0 Å². The second kappa shape index (κ2) is 10.2. The monoisotopic (exact) mass is 402 g/mol. The smallest absolute Gasteiger partial charge is 0.279 e. The molecule has 2 aliphatic heterocycles. The van der Waals surface area contributed by atoms with E-state index in [-0.39, 0.29) is 5.91 Å². The van der Waals surface area contributed by atoms with Crippen LogP contribution >= 0.6 is 0 Å². The number of nitrogens with zero attached hydrogens (tertiary/aromatic N) is 1. The molecule has 0 unspecified atom stereocenters.